The van der Waals surface area contributed by atoms with E-state index in [1.807, 2.05) is 0 Å². The van der Waals surface area contributed by atoms with Gasteiger partial charge in [0, 0.05) is 26.0 Å². The average molecular weight is 267 g/mol. The van der Waals surface area contributed by atoms with E-state index in [1.54, 1.807) is 0 Å². The van der Waals surface area contributed by atoms with E-state index in [0.29, 0.717) is 5.92 Å². The van der Waals surface area contributed by atoms with Crippen molar-refractivity contribution >= 4 is 11.8 Å². The SMILES string of the molecule is OCC1CCn2nc(CC3CCSCC3)nc2C1. The Morgan fingerprint density at radius 1 is 1.22 bits per heavy atom. The quantitative estimate of drug-likeness (QED) is 0.902. The molecule has 0 bridgehead atoms. The Morgan fingerprint density at radius 2 is 2.06 bits per heavy atom. The minimum absolute atomic E-state index is 0.280. The van der Waals surface area contributed by atoms with Crippen LogP contribution in [0.4, 0.5) is 0 Å². The van der Waals surface area contributed by atoms with E-state index in [-0.39, 0.29) is 6.61 Å². The molecule has 1 atom stereocenters. The average Bonchev–Trinajstić information content (AvgIpc) is 2.80. The highest BCUT2D eigenvalue weighted by Crippen LogP contribution is 2.26. The van der Waals surface area contributed by atoms with Gasteiger partial charge in [-0.25, -0.2) is 9.67 Å². The molecule has 0 spiro atoms. The summed E-state index contributed by atoms with van der Waals surface area (Å²) in [6, 6.07) is 0. The second-order valence-electron chi connectivity index (χ2n) is 5.47. The van der Waals surface area contributed by atoms with Crippen LogP contribution in [0.25, 0.3) is 0 Å². The number of rotatable bonds is 3. The van der Waals surface area contributed by atoms with E-state index < -0.39 is 0 Å². The van der Waals surface area contributed by atoms with Crippen LogP contribution in [0, 0.1) is 11.8 Å². The molecule has 2 aliphatic rings. The fraction of sp³-hybridized carbons (Fsp3) is 0.846. The third-order valence-corrected chi connectivity index (χ3v) is 5.13. The number of hydrogen-bond donors (Lipinski definition) is 1. The van der Waals surface area contributed by atoms with Gasteiger partial charge in [-0.2, -0.15) is 16.9 Å². The van der Waals surface area contributed by atoms with Crippen LogP contribution in [-0.2, 0) is 19.4 Å². The lowest BCUT2D eigenvalue weighted by atomic mass is 9.98. The molecule has 1 fully saturated rings. The molecule has 0 amide bonds. The van der Waals surface area contributed by atoms with Crippen LogP contribution in [0.2, 0.25) is 0 Å². The summed E-state index contributed by atoms with van der Waals surface area (Å²) in [6.07, 6.45) is 5.60. The Morgan fingerprint density at radius 3 is 2.83 bits per heavy atom. The molecule has 100 valence electrons. The van der Waals surface area contributed by atoms with Gasteiger partial charge >= 0.3 is 0 Å². The first-order valence-electron chi connectivity index (χ1n) is 6.96. The zero-order valence-corrected chi connectivity index (χ0v) is 11.5. The molecule has 0 radical (unpaired) electrons. The van der Waals surface area contributed by atoms with Crippen molar-refractivity contribution in [2.24, 2.45) is 11.8 Å². The first-order chi connectivity index (χ1) is 8.85. The third kappa shape index (κ3) is 2.72. The molecular formula is C13H21N3OS. The lowest BCUT2D eigenvalue weighted by molar-refractivity contribution is 0.196. The van der Waals surface area contributed by atoms with Crippen molar-refractivity contribution in [2.75, 3.05) is 18.1 Å². The van der Waals surface area contributed by atoms with Crippen molar-refractivity contribution in [3.63, 3.8) is 0 Å². The molecule has 0 aromatic carbocycles. The summed E-state index contributed by atoms with van der Waals surface area (Å²) in [5, 5.41) is 13.9. The molecule has 1 saturated heterocycles. The Hall–Kier alpha value is -0.550. The molecule has 18 heavy (non-hydrogen) atoms. The molecule has 1 N–H and O–H groups in total. The number of nitrogens with zero attached hydrogens (tertiary/aromatic N) is 3. The van der Waals surface area contributed by atoms with Crippen LogP contribution in [0.3, 0.4) is 0 Å². The monoisotopic (exact) mass is 267 g/mol. The molecule has 1 aromatic rings. The van der Waals surface area contributed by atoms with Gasteiger partial charge in [-0.1, -0.05) is 0 Å². The summed E-state index contributed by atoms with van der Waals surface area (Å²) in [5.74, 6) is 5.88. The lowest BCUT2D eigenvalue weighted by Gasteiger charge is -2.19. The molecule has 1 aromatic heterocycles. The number of aryl methyl sites for hydroxylation is 1. The van der Waals surface area contributed by atoms with E-state index in [0.717, 1.165) is 43.4 Å². The summed E-state index contributed by atoms with van der Waals surface area (Å²) < 4.78 is 2.05. The van der Waals surface area contributed by atoms with Crippen molar-refractivity contribution in [3.05, 3.63) is 11.6 Å². The maximum absolute atomic E-state index is 9.22. The van der Waals surface area contributed by atoms with Crippen molar-refractivity contribution in [3.8, 4) is 0 Å². The van der Waals surface area contributed by atoms with Gasteiger partial charge < -0.3 is 5.11 Å². The Balaban J connectivity index is 1.65. The van der Waals surface area contributed by atoms with E-state index in [4.69, 9.17) is 0 Å². The molecule has 2 aliphatic heterocycles. The topological polar surface area (TPSA) is 50.9 Å². The zero-order chi connectivity index (χ0) is 12.4. The second-order valence-corrected chi connectivity index (χ2v) is 6.69. The van der Waals surface area contributed by atoms with Crippen LogP contribution < -0.4 is 0 Å². The molecular weight excluding hydrogens is 246 g/mol. The Kier molecular flexibility index (Phi) is 3.89. The number of fused-ring (bicyclic) bond motifs is 1. The smallest absolute Gasteiger partial charge is 0.151 e. The van der Waals surface area contributed by atoms with Crippen molar-refractivity contribution in [1.29, 1.82) is 0 Å². The van der Waals surface area contributed by atoms with E-state index in [1.165, 1.54) is 24.3 Å². The Labute approximate surface area is 112 Å². The molecule has 3 heterocycles. The lowest BCUT2D eigenvalue weighted by Crippen LogP contribution is -2.22. The van der Waals surface area contributed by atoms with Crippen LogP contribution in [0.1, 0.15) is 30.9 Å². The first-order valence-corrected chi connectivity index (χ1v) is 8.12. The van der Waals surface area contributed by atoms with Gasteiger partial charge in [0.1, 0.15) is 5.82 Å². The van der Waals surface area contributed by atoms with Gasteiger partial charge in [-0.3, -0.25) is 0 Å². The molecule has 5 heteroatoms. The van der Waals surface area contributed by atoms with Gasteiger partial charge in [0.05, 0.1) is 0 Å². The fourth-order valence-electron chi connectivity index (χ4n) is 2.87. The normalized spacial score (nSPS) is 25.1. The number of aromatic nitrogens is 3. The standard InChI is InChI=1S/C13H21N3OS/c17-9-11-1-4-16-13(8-11)14-12(15-16)7-10-2-5-18-6-3-10/h10-11,17H,1-9H2. The zero-order valence-electron chi connectivity index (χ0n) is 10.7. The van der Waals surface area contributed by atoms with Crippen molar-refractivity contribution < 1.29 is 5.11 Å². The molecule has 3 rings (SSSR count). The fourth-order valence-corrected chi connectivity index (χ4v) is 4.08. The van der Waals surface area contributed by atoms with E-state index >= 15 is 0 Å². The van der Waals surface area contributed by atoms with Crippen LogP contribution in [0.15, 0.2) is 0 Å². The third-order valence-electron chi connectivity index (χ3n) is 4.08. The summed E-state index contributed by atoms with van der Waals surface area (Å²) >= 11 is 2.07. The summed E-state index contributed by atoms with van der Waals surface area (Å²) in [6.45, 7) is 1.20. The van der Waals surface area contributed by atoms with Crippen molar-refractivity contribution in [1.82, 2.24) is 14.8 Å². The van der Waals surface area contributed by atoms with Crippen LogP contribution in [0.5, 0.6) is 0 Å². The number of aliphatic hydroxyl groups is 1. The largest absolute Gasteiger partial charge is 0.396 e. The highest BCUT2D eigenvalue weighted by atomic mass is 32.2. The first kappa shape index (κ1) is 12.5. The van der Waals surface area contributed by atoms with Crippen LogP contribution >= 0.6 is 11.8 Å². The minimum atomic E-state index is 0.280. The van der Waals surface area contributed by atoms with E-state index in [2.05, 4.69) is 26.5 Å². The maximum atomic E-state index is 9.22. The summed E-state index contributed by atoms with van der Waals surface area (Å²) in [4.78, 5) is 4.68. The van der Waals surface area contributed by atoms with E-state index in [9.17, 15) is 5.11 Å². The molecule has 1 unspecified atom stereocenters. The molecule has 4 nitrogen and oxygen atoms in total. The predicted octanol–water partition coefficient (Wildman–Crippen LogP) is 1.52. The van der Waals surface area contributed by atoms with Crippen LogP contribution in [-0.4, -0.2) is 38.0 Å². The van der Waals surface area contributed by atoms with Gasteiger partial charge in [0.25, 0.3) is 0 Å². The highest BCUT2D eigenvalue weighted by molar-refractivity contribution is 7.99. The molecule has 0 saturated carbocycles. The van der Waals surface area contributed by atoms with Gasteiger partial charge in [0.15, 0.2) is 5.82 Å². The van der Waals surface area contributed by atoms with Gasteiger partial charge in [-0.05, 0) is 42.6 Å². The Bertz CT molecular complexity index is 401. The maximum Gasteiger partial charge on any atom is 0.151 e. The molecule has 0 aliphatic carbocycles. The van der Waals surface area contributed by atoms with Gasteiger partial charge in [0.2, 0.25) is 0 Å². The van der Waals surface area contributed by atoms with Crippen molar-refractivity contribution in [2.45, 2.75) is 38.6 Å². The predicted molar refractivity (Wildman–Crippen MR) is 72.7 cm³/mol. The minimum Gasteiger partial charge on any atom is -0.396 e. The number of hydrogen-bond acceptors (Lipinski definition) is 4. The van der Waals surface area contributed by atoms with Gasteiger partial charge in [-0.15, -0.1) is 0 Å². The summed E-state index contributed by atoms with van der Waals surface area (Å²) in [5.41, 5.74) is 0. The number of thioether (sulfide) groups is 1. The number of aliphatic hydroxyl groups excluding tert-OH is 1. The summed E-state index contributed by atoms with van der Waals surface area (Å²) in [7, 11) is 0. The second kappa shape index (κ2) is 5.61. The highest BCUT2D eigenvalue weighted by Gasteiger charge is 2.23.